The first-order valence-electron chi connectivity index (χ1n) is 4.09. The van der Waals surface area contributed by atoms with Gasteiger partial charge in [-0.05, 0) is 12.1 Å². The van der Waals surface area contributed by atoms with Gasteiger partial charge in [0.2, 0.25) is 11.9 Å². The third-order valence-corrected chi connectivity index (χ3v) is 1.65. The molecule has 0 amide bonds. The Hall–Kier alpha value is -2.08. The Kier molecular flexibility index (Phi) is 2.28. The van der Waals surface area contributed by atoms with Gasteiger partial charge in [0.05, 0.1) is 0 Å². The lowest BCUT2D eigenvalue weighted by Crippen LogP contribution is -2.08. The van der Waals surface area contributed by atoms with E-state index in [0.717, 1.165) is 5.69 Å². The van der Waals surface area contributed by atoms with Crippen LogP contribution in [0.5, 0.6) is 0 Å². The lowest BCUT2D eigenvalue weighted by atomic mass is 10.3. The summed E-state index contributed by atoms with van der Waals surface area (Å²) in [6.07, 6.45) is 0. The number of nitrogen functional groups attached to an aromatic ring is 1. The third kappa shape index (κ3) is 1.80. The molecule has 0 radical (unpaired) electrons. The average Bonchev–Trinajstić information content (AvgIpc) is 2.67. The van der Waals surface area contributed by atoms with Crippen molar-refractivity contribution in [2.45, 2.75) is 0 Å². The molecule has 72 valence electrons. The zero-order valence-electron chi connectivity index (χ0n) is 7.36. The van der Waals surface area contributed by atoms with Crippen LogP contribution in [0, 0.1) is 0 Å². The minimum absolute atomic E-state index is 0.420. The number of anilines is 3. The third-order valence-electron chi connectivity index (χ3n) is 1.65. The van der Waals surface area contributed by atoms with Crippen molar-refractivity contribution in [3.63, 3.8) is 0 Å². The summed E-state index contributed by atoms with van der Waals surface area (Å²) in [7, 11) is 0. The fraction of sp³-hybridized carbons (Fsp3) is 0. The Morgan fingerprint density at radius 1 is 1.21 bits per heavy atom. The van der Waals surface area contributed by atoms with Crippen molar-refractivity contribution in [2.24, 2.45) is 5.84 Å². The van der Waals surface area contributed by atoms with Crippen LogP contribution in [0.3, 0.4) is 0 Å². The number of H-pyrrole nitrogens is 1. The molecular formula is C8H10N6. The summed E-state index contributed by atoms with van der Waals surface area (Å²) in [4.78, 5) is 4.01. The van der Waals surface area contributed by atoms with Gasteiger partial charge in [0.15, 0.2) is 0 Å². The van der Waals surface area contributed by atoms with E-state index < -0.39 is 0 Å². The van der Waals surface area contributed by atoms with Gasteiger partial charge in [-0.3, -0.25) is 5.43 Å². The number of benzene rings is 1. The quantitative estimate of drug-likeness (QED) is 0.425. The van der Waals surface area contributed by atoms with E-state index in [-0.39, 0.29) is 0 Å². The highest BCUT2D eigenvalue weighted by molar-refractivity contribution is 5.53. The van der Waals surface area contributed by atoms with E-state index >= 15 is 0 Å². The van der Waals surface area contributed by atoms with Gasteiger partial charge in [0.1, 0.15) is 0 Å². The van der Waals surface area contributed by atoms with Crippen molar-refractivity contribution in [2.75, 3.05) is 10.7 Å². The SMILES string of the molecule is NNc1nc(Nc2ccccc2)n[nH]1. The minimum atomic E-state index is 0.420. The van der Waals surface area contributed by atoms with E-state index in [4.69, 9.17) is 5.84 Å². The number of hydrogen-bond donors (Lipinski definition) is 4. The van der Waals surface area contributed by atoms with Gasteiger partial charge in [0, 0.05) is 5.69 Å². The van der Waals surface area contributed by atoms with E-state index in [9.17, 15) is 0 Å². The summed E-state index contributed by atoms with van der Waals surface area (Å²) >= 11 is 0. The smallest absolute Gasteiger partial charge is 0.248 e. The second-order valence-electron chi connectivity index (χ2n) is 2.64. The molecule has 2 aromatic rings. The number of nitrogens with zero attached hydrogens (tertiary/aromatic N) is 2. The predicted octanol–water partition coefficient (Wildman–Crippen LogP) is 0.834. The van der Waals surface area contributed by atoms with Crippen molar-refractivity contribution in [3.05, 3.63) is 30.3 Å². The van der Waals surface area contributed by atoms with Gasteiger partial charge in [-0.15, -0.1) is 5.10 Å². The number of hydrazine groups is 1. The summed E-state index contributed by atoms with van der Waals surface area (Å²) in [6, 6.07) is 9.64. The maximum absolute atomic E-state index is 5.15. The molecule has 0 saturated carbocycles. The van der Waals surface area contributed by atoms with Crippen molar-refractivity contribution < 1.29 is 0 Å². The second kappa shape index (κ2) is 3.75. The maximum Gasteiger partial charge on any atom is 0.248 e. The Labute approximate surface area is 80.5 Å². The highest BCUT2D eigenvalue weighted by Crippen LogP contribution is 2.11. The summed E-state index contributed by atoms with van der Waals surface area (Å²) in [5.74, 6) is 6.04. The van der Waals surface area contributed by atoms with Crippen LogP contribution in [0.4, 0.5) is 17.6 Å². The molecule has 0 fully saturated rings. The Bertz CT molecular complexity index is 395. The van der Waals surface area contributed by atoms with Crippen molar-refractivity contribution in [1.29, 1.82) is 0 Å². The highest BCUT2D eigenvalue weighted by Gasteiger charge is 2.00. The first-order chi connectivity index (χ1) is 6.88. The molecule has 2 rings (SSSR count). The lowest BCUT2D eigenvalue weighted by molar-refractivity contribution is 1.08. The summed E-state index contributed by atoms with van der Waals surface area (Å²) in [6.45, 7) is 0. The topological polar surface area (TPSA) is 91.7 Å². The van der Waals surface area contributed by atoms with Crippen LogP contribution in [0.25, 0.3) is 0 Å². The normalized spacial score (nSPS) is 9.79. The predicted molar refractivity (Wildman–Crippen MR) is 53.9 cm³/mol. The maximum atomic E-state index is 5.15. The lowest BCUT2D eigenvalue weighted by Gasteiger charge is -1.98. The largest absolute Gasteiger partial charge is 0.323 e. The molecular weight excluding hydrogens is 180 g/mol. The fourth-order valence-electron chi connectivity index (χ4n) is 1.03. The number of nitrogens with one attached hydrogen (secondary N) is 3. The Morgan fingerprint density at radius 2 is 2.00 bits per heavy atom. The second-order valence-corrected chi connectivity index (χ2v) is 2.64. The van der Waals surface area contributed by atoms with Gasteiger partial charge in [-0.2, -0.15) is 4.98 Å². The van der Waals surface area contributed by atoms with Crippen molar-refractivity contribution in [3.8, 4) is 0 Å². The number of para-hydroxylation sites is 1. The van der Waals surface area contributed by atoms with Crippen LogP contribution in [0.2, 0.25) is 0 Å². The van der Waals surface area contributed by atoms with Crippen LogP contribution in [0.1, 0.15) is 0 Å². The van der Waals surface area contributed by atoms with E-state index in [1.165, 1.54) is 0 Å². The minimum Gasteiger partial charge on any atom is -0.323 e. The first-order valence-corrected chi connectivity index (χ1v) is 4.09. The molecule has 5 N–H and O–H groups in total. The molecule has 0 spiro atoms. The molecule has 0 aliphatic rings. The van der Waals surface area contributed by atoms with Gasteiger partial charge < -0.3 is 5.32 Å². The molecule has 6 heteroatoms. The molecule has 0 aliphatic carbocycles. The molecule has 0 atom stereocenters. The number of aromatic nitrogens is 3. The zero-order chi connectivity index (χ0) is 9.80. The Morgan fingerprint density at radius 3 is 2.64 bits per heavy atom. The average molecular weight is 190 g/mol. The van der Waals surface area contributed by atoms with Crippen molar-refractivity contribution in [1.82, 2.24) is 15.2 Å². The van der Waals surface area contributed by atoms with E-state index in [1.54, 1.807) is 0 Å². The summed E-state index contributed by atoms with van der Waals surface area (Å²) in [5.41, 5.74) is 3.29. The molecule has 1 heterocycles. The Balaban J connectivity index is 2.11. The van der Waals surface area contributed by atoms with Gasteiger partial charge >= 0.3 is 0 Å². The van der Waals surface area contributed by atoms with Crippen LogP contribution in [0.15, 0.2) is 30.3 Å². The van der Waals surface area contributed by atoms with Crippen LogP contribution in [-0.2, 0) is 0 Å². The van der Waals surface area contributed by atoms with Gasteiger partial charge in [0.25, 0.3) is 0 Å². The van der Waals surface area contributed by atoms with E-state index in [2.05, 4.69) is 25.9 Å². The van der Waals surface area contributed by atoms with Crippen LogP contribution >= 0.6 is 0 Å². The molecule has 0 aliphatic heterocycles. The number of aromatic amines is 1. The fourth-order valence-corrected chi connectivity index (χ4v) is 1.03. The molecule has 14 heavy (non-hydrogen) atoms. The van der Waals surface area contributed by atoms with E-state index in [1.807, 2.05) is 30.3 Å². The number of nitrogens with two attached hydrogens (primary N) is 1. The molecule has 0 bridgehead atoms. The standard InChI is InChI=1S/C8H10N6/c9-12-8-11-7(13-14-8)10-6-4-2-1-3-5-6/h1-5H,9H2,(H3,10,11,12,13,14). The molecule has 6 nitrogen and oxygen atoms in total. The monoisotopic (exact) mass is 190 g/mol. The number of rotatable bonds is 3. The highest BCUT2D eigenvalue weighted by atomic mass is 15.4. The van der Waals surface area contributed by atoms with Crippen molar-refractivity contribution >= 4 is 17.6 Å². The van der Waals surface area contributed by atoms with Crippen LogP contribution < -0.4 is 16.6 Å². The molecule has 0 saturated heterocycles. The van der Waals surface area contributed by atoms with Gasteiger partial charge in [-0.25, -0.2) is 10.9 Å². The number of hydrogen-bond acceptors (Lipinski definition) is 5. The van der Waals surface area contributed by atoms with E-state index in [0.29, 0.717) is 11.9 Å². The molecule has 1 aromatic carbocycles. The molecule has 0 unspecified atom stereocenters. The summed E-state index contributed by atoms with van der Waals surface area (Å²) < 4.78 is 0. The summed E-state index contributed by atoms with van der Waals surface area (Å²) in [5, 5.41) is 9.52. The van der Waals surface area contributed by atoms with Crippen LogP contribution in [-0.4, -0.2) is 15.2 Å². The molecule has 1 aromatic heterocycles. The zero-order valence-corrected chi connectivity index (χ0v) is 7.36. The van der Waals surface area contributed by atoms with Gasteiger partial charge in [-0.1, -0.05) is 18.2 Å². The first kappa shape index (κ1) is 8.52.